The van der Waals surface area contributed by atoms with Crippen LogP contribution in [0.3, 0.4) is 0 Å². The maximum Gasteiger partial charge on any atom is 0.321 e. The number of hydrogen-bond donors (Lipinski definition) is 2. The Morgan fingerprint density at radius 1 is 0.711 bits per heavy atom. The number of piperazine rings is 1. The standard InChI is InChI=1S/C30H39N5O3/c1-22-9-11-24(12-10-22)32-30(38)35-19-17-33(18-20-35)27-14-13-25(31-28(36)23-7-3-4-8-23)21-26(27)29(37)34-15-5-2-6-16-34/h9-14,21,23H,2-8,15-20H2,1H3,(H,31,36)(H,32,38). The topological polar surface area (TPSA) is 85.0 Å². The third-order valence-corrected chi connectivity index (χ3v) is 8.07. The monoisotopic (exact) mass is 517 g/mol. The number of benzene rings is 2. The molecule has 4 amide bonds. The van der Waals surface area contributed by atoms with Crippen molar-refractivity contribution in [3.05, 3.63) is 53.6 Å². The Kier molecular flexibility index (Phi) is 8.15. The van der Waals surface area contributed by atoms with Crippen LogP contribution >= 0.6 is 0 Å². The number of nitrogens with one attached hydrogen (secondary N) is 2. The number of aryl methyl sites for hydroxylation is 1. The van der Waals surface area contributed by atoms with Crippen LogP contribution in [0.4, 0.5) is 21.9 Å². The van der Waals surface area contributed by atoms with Crippen LogP contribution in [0, 0.1) is 12.8 Å². The van der Waals surface area contributed by atoms with Crippen molar-refractivity contribution in [3.8, 4) is 0 Å². The molecule has 0 radical (unpaired) electrons. The van der Waals surface area contributed by atoms with Crippen molar-refractivity contribution in [2.75, 3.05) is 54.8 Å². The number of nitrogens with zero attached hydrogens (tertiary/aromatic N) is 3. The number of piperidine rings is 1. The average Bonchev–Trinajstić information content (AvgIpc) is 3.50. The molecule has 0 unspecified atom stereocenters. The van der Waals surface area contributed by atoms with Gasteiger partial charge in [0.1, 0.15) is 0 Å². The SMILES string of the molecule is Cc1ccc(NC(=O)N2CCN(c3ccc(NC(=O)C4CCCC4)cc3C(=O)N3CCCCC3)CC2)cc1. The molecule has 1 aliphatic carbocycles. The van der Waals surface area contributed by atoms with E-state index in [1.165, 1.54) is 0 Å². The molecule has 2 heterocycles. The molecule has 2 N–H and O–H groups in total. The van der Waals surface area contributed by atoms with Gasteiger partial charge < -0.3 is 25.3 Å². The molecule has 0 atom stereocenters. The van der Waals surface area contributed by atoms with E-state index in [-0.39, 0.29) is 23.8 Å². The summed E-state index contributed by atoms with van der Waals surface area (Å²) in [6, 6.07) is 13.4. The first-order chi connectivity index (χ1) is 18.5. The Labute approximate surface area is 225 Å². The van der Waals surface area contributed by atoms with Crippen molar-refractivity contribution in [1.29, 1.82) is 0 Å². The van der Waals surface area contributed by atoms with Crippen LogP contribution in [0.25, 0.3) is 0 Å². The van der Waals surface area contributed by atoms with Gasteiger partial charge in [-0.2, -0.15) is 0 Å². The average molecular weight is 518 g/mol. The molecule has 8 heteroatoms. The van der Waals surface area contributed by atoms with E-state index in [0.29, 0.717) is 37.4 Å². The van der Waals surface area contributed by atoms with Crippen LogP contribution < -0.4 is 15.5 Å². The van der Waals surface area contributed by atoms with Gasteiger partial charge >= 0.3 is 6.03 Å². The van der Waals surface area contributed by atoms with Gasteiger partial charge in [-0.3, -0.25) is 9.59 Å². The largest absolute Gasteiger partial charge is 0.367 e. The second-order valence-electron chi connectivity index (χ2n) is 10.8. The second kappa shape index (κ2) is 11.9. The summed E-state index contributed by atoms with van der Waals surface area (Å²) in [5, 5.41) is 6.05. The summed E-state index contributed by atoms with van der Waals surface area (Å²) >= 11 is 0. The first-order valence-electron chi connectivity index (χ1n) is 14.1. The van der Waals surface area contributed by atoms with Gasteiger partial charge in [0.05, 0.1) is 5.56 Å². The number of rotatable bonds is 5. The van der Waals surface area contributed by atoms with Crippen molar-refractivity contribution in [2.45, 2.75) is 51.9 Å². The summed E-state index contributed by atoms with van der Waals surface area (Å²) in [6.45, 7) is 5.95. The van der Waals surface area contributed by atoms with E-state index in [0.717, 1.165) is 75.0 Å². The van der Waals surface area contributed by atoms with Crippen LogP contribution in [-0.4, -0.2) is 66.9 Å². The van der Waals surface area contributed by atoms with Crippen molar-refractivity contribution in [3.63, 3.8) is 0 Å². The van der Waals surface area contributed by atoms with Gasteiger partial charge in [-0.05, 0) is 69.4 Å². The Morgan fingerprint density at radius 2 is 1.37 bits per heavy atom. The van der Waals surface area contributed by atoms with E-state index in [9.17, 15) is 14.4 Å². The van der Waals surface area contributed by atoms with E-state index in [1.807, 2.05) is 59.2 Å². The van der Waals surface area contributed by atoms with Crippen LogP contribution in [0.15, 0.2) is 42.5 Å². The van der Waals surface area contributed by atoms with E-state index >= 15 is 0 Å². The quantitative estimate of drug-likeness (QED) is 0.578. The number of urea groups is 1. The first-order valence-corrected chi connectivity index (χ1v) is 14.1. The predicted molar refractivity (Wildman–Crippen MR) is 151 cm³/mol. The van der Waals surface area contributed by atoms with Crippen LogP contribution in [0.5, 0.6) is 0 Å². The Bertz CT molecular complexity index is 1140. The molecular formula is C30H39N5O3. The van der Waals surface area contributed by atoms with Crippen LogP contribution in [0.1, 0.15) is 60.9 Å². The predicted octanol–water partition coefficient (Wildman–Crippen LogP) is 5.10. The van der Waals surface area contributed by atoms with Crippen molar-refractivity contribution in [2.24, 2.45) is 5.92 Å². The molecule has 2 aliphatic heterocycles. The van der Waals surface area contributed by atoms with Crippen LogP contribution in [0.2, 0.25) is 0 Å². The molecule has 38 heavy (non-hydrogen) atoms. The molecule has 202 valence electrons. The van der Waals surface area contributed by atoms with Gasteiger partial charge in [-0.15, -0.1) is 0 Å². The fourth-order valence-corrected chi connectivity index (χ4v) is 5.75. The smallest absolute Gasteiger partial charge is 0.321 e. The molecular weight excluding hydrogens is 478 g/mol. The number of hydrogen-bond acceptors (Lipinski definition) is 4. The van der Waals surface area contributed by atoms with Gasteiger partial charge in [0, 0.05) is 62.2 Å². The molecule has 2 saturated heterocycles. The first kappa shape index (κ1) is 26.1. The molecule has 3 fully saturated rings. The van der Waals surface area contributed by atoms with E-state index in [1.54, 1.807) is 0 Å². The summed E-state index contributed by atoms with van der Waals surface area (Å²) in [5.41, 5.74) is 4.12. The Morgan fingerprint density at radius 3 is 2.05 bits per heavy atom. The summed E-state index contributed by atoms with van der Waals surface area (Å²) in [5.74, 6) is 0.145. The minimum Gasteiger partial charge on any atom is -0.367 e. The van der Waals surface area contributed by atoms with Crippen LogP contribution in [-0.2, 0) is 4.79 Å². The van der Waals surface area contributed by atoms with Gasteiger partial charge in [-0.25, -0.2) is 4.79 Å². The molecule has 8 nitrogen and oxygen atoms in total. The molecule has 1 saturated carbocycles. The fraction of sp³-hybridized carbons (Fsp3) is 0.500. The normalized spacial score (nSPS) is 18.4. The number of anilines is 3. The zero-order valence-corrected chi connectivity index (χ0v) is 22.4. The third kappa shape index (κ3) is 6.11. The molecule has 2 aromatic rings. The lowest BCUT2D eigenvalue weighted by molar-refractivity contribution is -0.119. The molecule has 2 aromatic carbocycles. The number of amides is 4. The van der Waals surface area contributed by atoms with Gasteiger partial charge in [0.2, 0.25) is 5.91 Å². The summed E-state index contributed by atoms with van der Waals surface area (Å²) in [4.78, 5) is 45.2. The zero-order valence-electron chi connectivity index (χ0n) is 22.4. The molecule has 0 aromatic heterocycles. The Balaban J connectivity index is 1.29. The highest BCUT2D eigenvalue weighted by atomic mass is 16.2. The highest BCUT2D eigenvalue weighted by molar-refractivity contribution is 6.02. The minimum atomic E-state index is -0.108. The highest BCUT2D eigenvalue weighted by Gasteiger charge is 2.28. The van der Waals surface area contributed by atoms with Crippen molar-refractivity contribution >= 4 is 34.9 Å². The lowest BCUT2D eigenvalue weighted by atomic mass is 10.0. The summed E-state index contributed by atoms with van der Waals surface area (Å²) in [7, 11) is 0. The van der Waals surface area contributed by atoms with E-state index in [2.05, 4.69) is 15.5 Å². The maximum absolute atomic E-state index is 13.7. The van der Waals surface area contributed by atoms with Crippen molar-refractivity contribution < 1.29 is 14.4 Å². The van der Waals surface area contributed by atoms with E-state index < -0.39 is 0 Å². The van der Waals surface area contributed by atoms with Gasteiger partial charge in [-0.1, -0.05) is 30.5 Å². The lowest BCUT2D eigenvalue weighted by Gasteiger charge is -2.37. The molecule has 3 aliphatic rings. The Hall–Kier alpha value is -3.55. The molecule has 0 bridgehead atoms. The number of likely N-dealkylation sites (tertiary alicyclic amines) is 1. The van der Waals surface area contributed by atoms with E-state index in [4.69, 9.17) is 0 Å². The number of carbonyl (C=O) groups excluding carboxylic acids is 3. The van der Waals surface area contributed by atoms with Crippen molar-refractivity contribution in [1.82, 2.24) is 9.80 Å². The maximum atomic E-state index is 13.7. The van der Waals surface area contributed by atoms with Gasteiger partial charge in [0.15, 0.2) is 0 Å². The zero-order chi connectivity index (χ0) is 26.5. The highest BCUT2D eigenvalue weighted by Crippen LogP contribution is 2.30. The summed E-state index contributed by atoms with van der Waals surface area (Å²) < 4.78 is 0. The number of carbonyl (C=O) groups is 3. The molecule has 5 rings (SSSR count). The second-order valence-corrected chi connectivity index (χ2v) is 10.8. The lowest BCUT2D eigenvalue weighted by Crippen LogP contribution is -2.50. The molecule has 0 spiro atoms. The third-order valence-electron chi connectivity index (χ3n) is 8.07. The van der Waals surface area contributed by atoms with Gasteiger partial charge in [0.25, 0.3) is 5.91 Å². The fourth-order valence-electron chi connectivity index (χ4n) is 5.75. The summed E-state index contributed by atoms with van der Waals surface area (Å²) in [6.07, 6.45) is 7.27. The minimum absolute atomic E-state index is 0.0243.